The van der Waals surface area contributed by atoms with Crippen molar-refractivity contribution in [2.45, 2.75) is 13.8 Å². The highest BCUT2D eigenvalue weighted by Crippen LogP contribution is 2.34. The molecule has 4 aromatic rings. The Labute approximate surface area is 177 Å². The van der Waals surface area contributed by atoms with E-state index in [9.17, 15) is 15.2 Å². The molecule has 8 nitrogen and oxygen atoms in total. The molecule has 0 aliphatic rings. The summed E-state index contributed by atoms with van der Waals surface area (Å²) in [5.74, 6) is 0.304. The molecule has 0 unspecified atom stereocenters. The Morgan fingerprint density at radius 3 is 2.58 bits per heavy atom. The van der Waals surface area contributed by atoms with Crippen molar-refractivity contribution in [2.75, 3.05) is 7.11 Å². The predicted octanol–water partition coefficient (Wildman–Crippen LogP) is 5.48. The van der Waals surface area contributed by atoms with Crippen LogP contribution in [0.25, 0.3) is 22.6 Å². The maximum atomic E-state index is 11.1. The molecule has 0 saturated carbocycles. The van der Waals surface area contributed by atoms with Crippen LogP contribution in [0.5, 0.6) is 11.5 Å². The molecule has 0 radical (unpaired) electrons. The number of ether oxygens (including phenoxy) is 1. The number of hydrogen-bond acceptors (Lipinski definition) is 7. The van der Waals surface area contributed by atoms with Crippen molar-refractivity contribution in [2.24, 2.45) is 4.99 Å². The third-order valence-electron chi connectivity index (χ3n) is 4.81. The van der Waals surface area contributed by atoms with E-state index in [1.807, 2.05) is 38.1 Å². The number of aromatic hydroxyl groups is 1. The highest BCUT2D eigenvalue weighted by molar-refractivity contribution is 5.88. The van der Waals surface area contributed by atoms with E-state index < -0.39 is 4.92 Å². The van der Waals surface area contributed by atoms with E-state index in [0.29, 0.717) is 11.6 Å². The number of hydrogen-bond donors (Lipinski definition) is 1. The molecule has 1 heterocycles. The topological polar surface area (TPSA) is 111 Å². The molecule has 4 rings (SSSR count). The zero-order valence-corrected chi connectivity index (χ0v) is 17.1. The van der Waals surface area contributed by atoms with Crippen molar-refractivity contribution >= 4 is 28.7 Å². The molecule has 1 N–H and O–H groups in total. The highest BCUT2D eigenvalue weighted by atomic mass is 16.6. The van der Waals surface area contributed by atoms with Crippen molar-refractivity contribution in [3.8, 4) is 23.0 Å². The van der Waals surface area contributed by atoms with Crippen LogP contribution in [0.15, 0.2) is 57.9 Å². The van der Waals surface area contributed by atoms with Gasteiger partial charge < -0.3 is 14.3 Å². The summed E-state index contributed by atoms with van der Waals surface area (Å²) in [6.45, 7) is 4.00. The van der Waals surface area contributed by atoms with Crippen LogP contribution < -0.4 is 4.74 Å². The molecule has 0 saturated heterocycles. The van der Waals surface area contributed by atoms with E-state index in [1.54, 1.807) is 12.1 Å². The lowest BCUT2D eigenvalue weighted by molar-refractivity contribution is -0.385. The molecule has 0 amide bonds. The molecule has 156 valence electrons. The molecule has 31 heavy (non-hydrogen) atoms. The molecule has 0 spiro atoms. The summed E-state index contributed by atoms with van der Waals surface area (Å²) in [6.07, 6.45) is 1.35. The maximum Gasteiger partial charge on any atom is 0.274 e. The first-order valence-electron chi connectivity index (χ1n) is 9.43. The Morgan fingerprint density at radius 2 is 1.90 bits per heavy atom. The number of nitrogens with zero attached hydrogens (tertiary/aromatic N) is 3. The zero-order chi connectivity index (χ0) is 22.1. The van der Waals surface area contributed by atoms with Crippen LogP contribution in [0, 0.1) is 24.0 Å². The third kappa shape index (κ3) is 3.95. The lowest BCUT2D eigenvalue weighted by atomic mass is 10.1. The highest BCUT2D eigenvalue weighted by Gasteiger charge is 2.16. The number of aryl methyl sites for hydroxylation is 2. The van der Waals surface area contributed by atoms with Crippen LogP contribution in [-0.2, 0) is 0 Å². The molecule has 3 aromatic carbocycles. The van der Waals surface area contributed by atoms with E-state index in [-0.39, 0.29) is 22.7 Å². The number of rotatable bonds is 5. The van der Waals surface area contributed by atoms with Gasteiger partial charge in [-0.1, -0.05) is 6.07 Å². The molecule has 0 atom stereocenters. The number of benzene rings is 3. The first-order valence-corrected chi connectivity index (χ1v) is 9.43. The number of fused-ring (bicyclic) bond motifs is 1. The average Bonchev–Trinajstić information content (AvgIpc) is 3.17. The fourth-order valence-corrected chi connectivity index (χ4v) is 3.31. The lowest BCUT2D eigenvalue weighted by Crippen LogP contribution is -1.94. The fraction of sp³-hybridized carbons (Fsp3) is 0.130. The van der Waals surface area contributed by atoms with Crippen molar-refractivity contribution < 1.29 is 19.2 Å². The van der Waals surface area contributed by atoms with Crippen LogP contribution >= 0.6 is 0 Å². The molecular weight excluding hydrogens is 398 g/mol. The quantitative estimate of drug-likeness (QED) is 0.261. The van der Waals surface area contributed by atoms with Gasteiger partial charge in [0.25, 0.3) is 5.69 Å². The minimum absolute atomic E-state index is 0.00693. The second-order valence-corrected chi connectivity index (χ2v) is 7.10. The zero-order valence-electron chi connectivity index (χ0n) is 17.1. The van der Waals surface area contributed by atoms with Gasteiger partial charge in [-0.15, -0.1) is 0 Å². The number of nitro groups is 1. The van der Waals surface area contributed by atoms with E-state index in [0.717, 1.165) is 33.9 Å². The summed E-state index contributed by atoms with van der Waals surface area (Å²) in [7, 11) is 1.33. The SMILES string of the molecule is COc1cc([N+](=O)[O-])cc(C=Nc2ccc(-c3nc4cc(C)cc(C)c4o3)cc2)c1O. The summed E-state index contributed by atoms with van der Waals surface area (Å²) in [4.78, 5) is 19.4. The Morgan fingerprint density at radius 1 is 1.16 bits per heavy atom. The number of nitro benzene ring substituents is 1. The number of oxazole rings is 1. The normalized spacial score (nSPS) is 11.3. The largest absolute Gasteiger partial charge is 0.504 e. The minimum atomic E-state index is -0.558. The van der Waals surface area contributed by atoms with Gasteiger partial charge in [-0.2, -0.15) is 0 Å². The number of non-ortho nitro benzene ring substituents is 1. The van der Waals surface area contributed by atoms with Gasteiger partial charge in [0, 0.05) is 23.4 Å². The van der Waals surface area contributed by atoms with Crippen LogP contribution in [0.4, 0.5) is 11.4 Å². The first-order chi connectivity index (χ1) is 14.9. The first kappa shape index (κ1) is 20.1. The van der Waals surface area contributed by atoms with Gasteiger partial charge in [-0.25, -0.2) is 4.98 Å². The second-order valence-electron chi connectivity index (χ2n) is 7.10. The molecular formula is C23H19N3O5. The van der Waals surface area contributed by atoms with Crippen molar-refractivity contribution in [3.05, 3.63) is 75.3 Å². The van der Waals surface area contributed by atoms with Crippen molar-refractivity contribution in [3.63, 3.8) is 0 Å². The standard InChI is InChI=1S/C23H19N3O5/c1-13-8-14(2)22-19(9-13)25-23(31-22)15-4-6-17(7-5-15)24-12-16-10-18(26(28)29)11-20(30-3)21(16)27/h4-12,27H,1-3H3. The van der Waals surface area contributed by atoms with Crippen molar-refractivity contribution in [1.29, 1.82) is 0 Å². The van der Waals surface area contributed by atoms with E-state index in [4.69, 9.17) is 9.15 Å². The molecule has 0 fully saturated rings. The van der Waals surface area contributed by atoms with E-state index >= 15 is 0 Å². The van der Waals surface area contributed by atoms with Crippen LogP contribution in [0.2, 0.25) is 0 Å². The minimum Gasteiger partial charge on any atom is -0.504 e. The number of aliphatic imine (C=N–C) groups is 1. The van der Waals surface area contributed by atoms with E-state index in [1.165, 1.54) is 19.4 Å². The average molecular weight is 417 g/mol. The number of methoxy groups -OCH3 is 1. The van der Waals surface area contributed by atoms with Gasteiger partial charge in [-0.05, 0) is 55.3 Å². The maximum absolute atomic E-state index is 11.1. The Balaban J connectivity index is 1.62. The summed E-state index contributed by atoms with van der Waals surface area (Å²) in [6, 6.07) is 13.6. The summed E-state index contributed by atoms with van der Waals surface area (Å²) < 4.78 is 10.9. The summed E-state index contributed by atoms with van der Waals surface area (Å²) in [5.41, 5.74) is 5.09. The Bertz CT molecular complexity index is 1320. The van der Waals surface area contributed by atoms with Crippen LogP contribution in [0.1, 0.15) is 16.7 Å². The third-order valence-corrected chi connectivity index (χ3v) is 4.81. The molecule has 1 aromatic heterocycles. The number of aromatic nitrogens is 1. The van der Waals surface area contributed by atoms with Gasteiger partial charge in [0.05, 0.1) is 23.8 Å². The van der Waals surface area contributed by atoms with Crippen LogP contribution in [0.3, 0.4) is 0 Å². The molecule has 0 bridgehead atoms. The second kappa shape index (κ2) is 7.91. The van der Waals surface area contributed by atoms with Gasteiger partial charge in [0.15, 0.2) is 17.1 Å². The number of phenols is 1. The predicted molar refractivity (Wildman–Crippen MR) is 117 cm³/mol. The molecule has 0 aliphatic carbocycles. The molecule has 0 aliphatic heterocycles. The van der Waals surface area contributed by atoms with Crippen LogP contribution in [-0.4, -0.2) is 28.3 Å². The Hall–Kier alpha value is -4.20. The summed E-state index contributed by atoms with van der Waals surface area (Å²) >= 11 is 0. The number of phenolic OH excluding ortho intramolecular Hbond substituents is 1. The fourth-order valence-electron chi connectivity index (χ4n) is 3.31. The smallest absolute Gasteiger partial charge is 0.274 e. The lowest BCUT2D eigenvalue weighted by Gasteiger charge is -2.06. The molecule has 8 heteroatoms. The van der Waals surface area contributed by atoms with E-state index in [2.05, 4.69) is 9.98 Å². The Kier molecular flexibility index (Phi) is 5.12. The van der Waals surface area contributed by atoms with Gasteiger partial charge in [0.2, 0.25) is 5.89 Å². The van der Waals surface area contributed by atoms with Gasteiger partial charge >= 0.3 is 0 Å². The van der Waals surface area contributed by atoms with Gasteiger partial charge in [-0.3, -0.25) is 15.1 Å². The summed E-state index contributed by atoms with van der Waals surface area (Å²) in [5, 5.41) is 21.3. The van der Waals surface area contributed by atoms with Crippen molar-refractivity contribution in [1.82, 2.24) is 4.98 Å². The monoisotopic (exact) mass is 417 g/mol. The van der Waals surface area contributed by atoms with Gasteiger partial charge in [0.1, 0.15) is 5.52 Å².